The maximum absolute atomic E-state index is 13.8. The monoisotopic (exact) mass is 479 g/mol. The van der Waals surface area contributed by atoms with Gasteiger partial charge in [-0.3, -0.25) is 4.40 Å². The largest absolute Gasteiger partial charge is 0.382 e. The summed E-state index contributed by atoms with van der Waals surface area (Å²) in [5.74, 6) is -3.64. The van der Waals surface area contributed by atoms with E-state index in [1.54, 1.807) is 24.4 Å². The van der Waals surface area contributed by atoms with Crippen molar-refractivity contribution in [1.82, 2.24) is 9.38 Å². The topological polar surface area (TPSA) is 61.3 Å². The lowest BCUT2D eigenvalue weighted by Crippen LogP contribution is -2.21. The van der Waals surface area contributed by atoms with Crippen molar-refractivity contribution in [3.05, 3.63) is 94.6 Å². The van der Waals surface area contributed by atoms with Gasteiger partial charge in [-0.05, 0) is 65.8 Å². The standard InChI is InChI=1S/C16H12F2N2O.C11H9F2N/c17-16(18)8-10-4-3-5-11(14(10)15(16)21)12-9-19-13-6-1-2-7-20(12)13;12-8-4-7(6-14)9-2-1-3-11(13)10(9)5-8/h1-7,9,15,21H,8H2;4-5,11H,1-3H2. The molecule has 2 aromatic heterocycles. The summed E-state index contributed by atoms with van der Waals surface area (Å²) in [6, 6.07) is 15.0. The Balaban J connectivity index is 0.000000158. The number of rotatable bonds is 1. The summed E-state index contributed by atoms with van der Waals surface area (Å²) in [4.78, 5) is 4.28. The maximum atomic E-state index is 13.8. The van der Waals surface area contributed by atoms with Crippen molar-refractivity contribution in [2.75, 3.05) is 0 Å². The van der Waals surface area contributed by atoms with Crippen LogP contribution in [0.15, 0.2) is 60.9 Å². The Hall–Kier alpha value is -3.70. The van der Waals surface area contributed by atoms with E-state index in [1.165, 1.54) is 12.1 Å². The molecule has 4 nitrogen and oxygen atoms in total. The van der Waals surface area contributed by atoms with E-state index >= 15 is 0 Å². The third-order valence-electron chi connectivity index (χ3n) is 6.58. The predicted molar refractivity (Wildman–Crippen MR) is 122 cm³/mol. The van der Waals surface area contributed by atoms with Gasteiger partial charge in [-0.2, -0.15) is 5.26 Å². The number of aliphatic hydroxyl groups excluding tert-OH is 1. The highest BCUT2D eigenvalue weighted by Gasteiger charge is 2.48. The number of fused-ring (bicyclic) bond motifs is 3. The van der Waals surface area contributed by atoms with Gasteiger partial charge in [-0.1, -0.05) is 24.3 Å². The molecule has 2 aliphatic rings. The second kappa shape index (κ2) is 8.82. The molecule has 35 heavy (non-hydrogen) atoms. The van der Waals surface area contributed by atoms with E-state index in [0.717, 1.165) is 12.1 Å². The number of imidazole rings is 1. The summed E-state index contributed by atoms with van der Waals surface area (Å²) >= 11 is 0. The zero-order chi connectivity index (χ0) is 24.7. The predicted octanol–water partition coefficient (Wildman–Crippen LogP) is 6.27. The molecule has 0 spiro atoms. The minimum atomic E-state index is -3.11. The van der Waals surface area contributed by atoms with Crippen molar-refractivity contribution >= 4 is 5.65 Å². The zero-order valence-corrected chi connectivity index (χ0v) is 18.6. The summed E-state index contributed by atoms with van der Waals surface area (Å²) in [5.41, 5.74) is 4.20. The van der Waals surface area contributed by atoms with Gasteiger partial charge in [0.05, 0.1) is 23.5 Å². The second-order valence-electron chi connectivity index (χ2n) is 8.78. The van der Waals surface area contributed by atoms with Crippen molar-refractivity contribution in [3.8, 4) is 17.3 Å². The fourth-order valence-corrected chi connectivity index (χ4v) is 4.94. The number of aromatic nitrogens is 2. The molecule has 4 aromatic rings. The number of hydrogen-bond donors (Lipinski definition) is 1. The molecule has 2 atom stereocenters. The summed E-state index contributed by atoms with van der Waals surface area (Å²) in [7, 11) is 0. The number of alkyl halides is 3. The summed E-state index contributed by atoms with van der Waals surface area (Å²) in [6.07, 6.45) is 2.02. The molecule has 0 bridgehead atoms. The van der Waals surface area contributed by atoms with Crippen LogP contribution in [-0.2, 0) is 12.8 Å². The molecule has 6 rings (SSSR count). The summed E-state index contributed by atoms with van der Waals surface area (Å²) in [6.45, 7) is 0. The molecule has 1 N–H and O–H groups in total. The molecule has 2 aromatic carbocycles. The number of nitrogens with zero attached hydrogens (tertiary/aromatic N) is 3. The first-order valence-electron chi connectivity index (χ1n) is 11.3. The highest BCUT2D eigenvalue weighted by atomic mass is 19.3. The maximum Gasteiger partial charge on any atom is 0.281 e. The van der Waals surface area contributed by atoms with Gasteiger partial charge in [-0.15, -0.1) is 0 Å². The van der Waals surface area contributed by atoms with Crippen LogP contribution in [0, 0.1) is 17.1 Å². The number of aliphatic hydroxyl groups is 1. The van der Waals surface area contributed by atoms with Crippen molar-refractivity contribution in [1.29, 1.82) is 5.26 Å². The molecular weight excluding hydrogens is 458 g/mol. The first-order chi connectivity index (χ1) is 16.8. The van der Waals surface area contributed by atoms with Crippen LogP contribution in [0.5, 0.6) is 0 Å². The van der Waals surface area contributed by atoms with E-state index in [9.17, 15) is 22.7 Å². The van der Waals surface area contributed by atoms with Gasteiger partial charge in [0, 0.05) is 18.2 Å². The molecular formula is C27H21F4N3O. The van der Waals surface area contributed by atoms with E-state index < -0.39 is 30.4 Å². The Morgan fingerprint density at radius 2 is 1.97 bits per heavy atom. The third-order valence-corrected chi connectivity index (χ3v) is 6.58. The minimum absolute atomic E-state index is 0.280. The number of nitriles is 1. The van der Waals surface area contributed by atoms with E-state index in [2.05, 4.69) is 4.98 Å². The zero-order valence-electron chi connectivity index (χ0n) is 18.6. The summed E-state index contributed by atoms with van der Waals surface area (Å²) in [5, 5.41) is 18.7. The molecule has 2 heterocycles. The normalized spacial score (nSPS) is 19.9. The average Bonchev–Trinajstić information content (AvgIpc) is 3.37. The molecule has 2 unspecified atom stereocenters. The fourth-order valence-electron chi connectivity index (χ4n) is 4.94. The molecule has 0 fully saturated rings. The van der Waals surface area contributed by atoms with Gasteiger partial charge in [0.25, 0.3) is 5.92 Å². The van der Waals surface area contributed by atoms with Crippen LogP contribution in [0.2, 0.25) is 0 Å². The molecule has 0 radical (unpaired) electrons. The minimum Gasteiger partial charge on any atom is -0.382 e. The van der Waals surface area contributed by atoms with E-state index in [4.69, 9.17) is 5.26 Å². The highest BCUT2D eigenvalue weighted by Crippen LogP contribution is 2.47. The van der Waals surface area contributed by atoms with Crippen LogP contribution in [0.4, 0.5) is 17.6 Å². The van der Waals surface area contributed by atoms with Crippen LogP contribution < -0.4 is 0 Å². The van der Waals surface area contributed by atoms with Gasteiger partial charge in [0.2, 0.25) is 0 Å². The van der Waals surface area contributed by atoms with Gasteiger partial charge in [0.15, 0.2) is 0 Å². The van der Waals surface area contributed by atoms with Crippen LogP contribution in [-0.4, -0.2) is 20.4 Å². The first kappa shape index (κ1) is 23.1. The van der Waals surface area contributed by atoms with Crippen molar-refractivity contribution in [2.24, 2.45) is 0 Å². The van der Waals surface area contributed by atoms with Crippen molar-refractivity contribution in [2.45, 2.75) is 43.9 Å². The number of pyridine rings is 1. The first-order valence-corrected chi connectivity index (χ1v) is 11.3. The Labute approximate surface area is 199 Å². The fraction of sp³-hybridized carbons (Fsp3) is 0.259. The molecule has 8 heteroatoms. The van der Waals surface area contributed by atoms with E-state index in [0.29, 0.717) is 46.4 Å². The smallest absolute Gasteiger partial charge is 0.281 e. The second-order valence-corrected chi connectivity index (χ2v) is 8.78. The van der Waals surface area contributed by atoms with Crippen LogP contribution in [0.25, 0.3) is 16.9 Å². The van der Waals surface area contributed by atoms with Gasteiger partial charge in [0.1, 0.15) is 23.7 Å². The third kappa shape index (κ3) is 4.06. The van der Waals surface area contributed by atoms with Gasteiger partial charge < -0.3 is 5.11 Å². The number of halogens is 4. The van der Waals surface area contributed by atoms with Crippen molar-refractivity contribution < 1.29 is 22.7 Å². The molecule has 0 saturated carbocycles. The SMILES string of the molecule is N#Cc1cc(F)cc2c1CCCC2F.OC1c2c(cccc2-c2cnc3ccccn23)CC1(F)F. The van der Waals surface area contributed by atoms with E-state index in [1.807, 2.05) is 34.9 Å². The molecule has 0 aliphatic heterocycles. The van der Waals surface area contributed by atoms with E-state index in [-0.39, 0.29) is 5.56 Å². The Kier molecular flexibility index (Phi) is 5.81. The molecule has 0 amide bonds. The number of benzene rings is 2. The van der Waals surface area contributed by atoms with Gasteiger partial charge in [-0.25, -0.2) is 22.5 Å². The lowest BCUT2D eigenvalue weighted by Gasteiger charge is -2.20. The highest BCUT2D eigenvalue weighted by molar-refractivity contribution is 5.70. The molecule has 2 aliphatic carbocycles. The van der Waals surface area contributed by atoms with Gasteiger partial charge >= 0.3 is 0 Å². The Morgan fingerprint density at radius 3 is 2.77 bits per heavy atom. The number of hydrogen-bond acceptors (Lipinski definition) is 3. The van der Waals surface area contributed by atoms with Crippen LogP contribution >= 0.6 is 0 Å². The Bertz CT molecular complexity index is 1460. The van der Waals surface area contributed by atoms with Crippen LogP contribution in [0.1, 0.15) is 52.9 Å². The lowest BCUT2D eigenvalue weighted by atomic mass is 9.87. The lowest BCUT2D eigenvalue weighted by molar-refractivity contribution is -0.0966. The Morgan fingerprint density at radius 1 is 1.14 bits per heavy atom. The molecule has 0 saturated heterocycles. The summed E-state index contributed by atoms with van der Waals surface area (Å²) < 4.78 is 55.8. The quantitative estimate of drug-likeness (QED) is 0.327. The van der Waals surface area contributed by atoms with Crippen molar-refractivity contribution in [3.63, 3.8) is 0 Å². The average molecular weight is 479 g/mol. The van der Waals surface area contributed by atoms with Crippen LogP contribution in [0.3, 0.4) is 0 Å². The molecule has 178 valence electrons.